The molecule has 6 nitrogen and oxygen atoms in total. The quantitative estimate of drug-likeness (QED) is 0.249. The molecule has 7 heteroatoms. The second kappa shape index (κ2) is 12.1. The number of ketones is 1. The van der Waals surface area contributed by atoms with Crippen LogP contribution in [0.25, 0.3) is 0 Å². The Morgan fingerprint density at radius 3 is 1.87 bits per heavy atom. The maximum absolute atomic E-state index is 12.4. The number of hydrogen-bond acceptors (Lipinski definition) is 5. The van der Waals surface area contributed by atoms with Gasteiger partial charge in [0.1, 0.15) is 5.78 Å². The van der Waals surface area contributed by atoms with Gasteiger partial charge in [-0.3, -0.25) is 14.4 Å². The first-order valence-electron chi connectivity index (χ1n) is 11.2. The molecule has 2 N–H and O–H groups in total. The highest BCUT2D eigenvalue weighted by Gasteiger charge is 2.28. The van der Waals surface area contributed by atoms with Crippen molar-refractivity contribution in [3.05, 3.63) is 0 Å². The van der Waals surface area contributed by atoms with Crippen molar-refractivity contribution < 1.29 is 19.1 Å². The zero-order valence-electron chi connectivity index (χ0n) is 21.3. The van der Waals surface area contributed by atoms with Crippen LogP contribution in [0, 0.1) is 5.41 Å². The summed E-state index contributed by atoms with van der Waals surface area (Å²) in [6, 6.07) is -0.632. The predicted octanol–water partition coefficient (Wildman–Crippen LogP) is 4.96. The molecule has 1 amide bonds. The maximum atomic E-state index is 12.4. The van der Waals surface area contributed by atoms with Gasteiger partial charge in [-0.2, -0.15) is 0 Å². The van der Waals surface area contributed by atoms with Crippen molar-refractivity contribution in [2.45, 2.75) is 124 Å². The predicted molar refractivity (Wildman–Crippen MR) is 136 cm³/mol. The van der Waals surface area contributed by atoms with Crippen molar-refractivity contribution in [1.29, 1.82) is 0 Å². The third-order valence-electron chi connectivity index (χ3n) is 4.99. The number of nitrogens with one attached hydrogen (secondary N) is 2. The summed E-state index contributed by atoms with van der Waals surface area (Å²) in [4.78, 5) is 36.5. The average Bonchev–Trinajstić information content (AvgIpc) is 2.52. The lowest BCUT2D eigenvalue weighted by Gasteiger charge is -2.36. The summed E-state index contributed by atoms with van der Waals surface area (Å²) in [6.45, 7) is 20.9. The topological polar surface area (TPSA) is 84.5 Å². The minimum atomic E-state index is -0.632. The fraction of sp³-hybridized carbons (Fsp3) is 0.875. The van der Waals surface area contributed by atoms with E-state index in [1.165, 1.54) is 0 Å². The lowest BCUT2D eigenvalue weighted by molar-refractivity contribution is -0.128. The number of carbonyl (C=O) groups excluding carboxylic acids is 3. The fourth-order valence-corrected chi connectivity index (χ4v) is 3.77. The van der Waals surface area contributed by atoms with Crippen molar-refractivity contribution in [2.24, 2.45) is 5.41 Å². The normalized spacial score (nSPS) is 14.3. The zero-order valence-corrected chi connectivity index (χ0v) is 23.5. The Morgan fingerprint density at radius 2 is 1.42 bits per heavy atom. The first-order valence-corrected chi connectivity index (χ1v) is 12.3. The first kappa shape index (κ1) is 30.5. The third-order valence-corrected chi connectivity index (χ3v) is 5.74. The molecule has 182 valence electrons. The molecule has 0 heterocycles. The van der Waals surface area contributed by atoms with Crippen molar-refractivity contribution in [3.63, 3.8) is 0 Å². The van der Waals surface area contributed by atoms with Gasteiger partial charge in [-0.1, -0.05) is 20.8 Å². The summed E-state index contributed by atoms with van der Waals surface area (Å²) < 4.78 is 5.91. The maximum Gasteiger partial charge on any atom is 0.220 e. The number of Topliss-reactive ketones (excluding diaryl/α,β-unsaturated/α-hetero) is 1. The monoisotopic (exact) mass is 552 g/mol. The molecule has 0 spiro atoms. The molecule has 0 radical (unpaired) electrons. The highest BCUT2D eigenvalue weighted by atomic mass is 127. The van der Waals surface area contributed by atoms with Crippen molar-refractivity contribution in [2.75, 3.05) is 6.61 Å². The molecule has 1 unspecified atom stereocenters. The molecule has 0 saturated heterocycles. The van der Waals surface area contributed by atoms with Gasteiger partial charge >= 0.3 is 0 Å². The van der Waals surface area contributed by atoms with E-state index in [4.69, 9.17) is 4.74 Å². The van der Waals surface area contributed by atoms with Crippen LogP contribution in [0.5, 0.6) is 0 Å². The molecule has 0 aliphatic rings. The largest absolute Gasteiger partial charge is 0.375 e. The second-order valence-corrected chi connectivity index (χ2v) is 12.8. The van der Waals surface area contributed by atoms with E-state index < -0.39 is 17.1 Å². The smallest absolute Gasteiger partial charge is 0.220 e. The van der Waals surface area contributed by atoms with Gasteiger partial charge in [-0.15, -0.1) is 0 Å². The molecule has 0 aliphatic heterocycles. The van der Waals surface area contributed by atoms with E-state index in [0.29, 0.717) is 19.4 Å². The molecule has 0 aromatic carbocycles. The van der Waals surface area contributed by atoms with Crippen LogP contribution in [0.4, 0.5) is 0 Å². The van der Waals surface area contributed by atoms with Gasteiger partial charge in [0, 0.05) is 58.5 Å². The fourth-order valence-electron chi connectivity index (χ4n) is 3.31. The molecule has 0 rings (SSSR count). The molecule has 31 heavy (non-hydrogen) atoms. The van der Waals surface area contributed by atoms with Gasteiger partial charge in [0.15, 0.2) is 0 Å². The van der Waals surface area contributed by atoms with E-state index >= 15 is 0 Å². The number of rotatable bonds is 13. The highest BCUT2D eigenvalue weighted by molar-refractivity contribution is 14.1. The Balaban J connectivity index is 4.53. The number of hydrogen-bond donors (Lipinski definition) is 2. The minimum absolute atomic E-state index is 0.0290. The first-order chi connectivity index (χ1) is 13.7. The van der Waals surface area contributed by atoms with Crippen LogP contribution in [-0.2, 0) is 19.1 Å². The van der Waals surface area contributed by atoms with Gasteiger partial charge in [0.05, 0.1) is 11.6 Å². The van der Waals surface area contributed by atoms with Gasteiger partial charge in [0.25, 0.3) is 0 Å². The minimum Gasteiger partial charge on any atom is -0.375 e. The molecular formula is C24H45IN2O4. The summed E-state index contributed by atoms with van der Waals surface area (Å²) in [5.74, 6) is -0.104. The summed E-state index contributed by atoms with van der Waals surface area (Å²) in [5.41, 5.74) is -0.909. The van der Waals surface area contributed by atoms with Crippen molar-refractivity contribution in [1.82, 2.24) is 10.6 Å². The molecule has 1 atom stereocenters. The molecular weight excluding hydrogens is 507 g/mol. The summed E-state index contributed by atoms with van der Waals surface area (Å²) >= 11 is 1.69. The average molecular weight is 553 g/mol. The second-order valence-electron chi connectivity index (χ2n) is 11.8. The van der Waals surface area contributed by atoms with Crippen molar-refractivity contribution in [3.8, 4) is 0 Å². The summed E-state index contributed by atoms with van der Waals surface area (Å²) in [6.07, 6.45) is 2.28. The van der Waals surface area contributed by atoms with E-state index in [1.54, 1.807) is 22.6 Å². The molecule has 0 aromatic rings. The Hall–Kier alpha value is -0.540. The summed E-state index contributed by atoms with van der Waals surface area (Å²) in [5, 5.41) is 6.38. The van der Waals surface area contributed by atoms with Crippen LogP contribution >= 0.6 is 22.6 Å². The van der Waals surface area contributed by atoms with Crippen LogP contribution in [0.15, 0.2) is 0 Å². The molecule has 0 fully saturated rings. The lowest BCUT2D eigenvalue weighted by Crippen LogP contribution is -2.51. The standard InChI is InChI=1S/C24H45IN2O4/c1-21(2,3)18(28)12-11-17(20(25)30)26-19(29)13-14-24(9,10)31-16-15-23(7,8)27-22(4,5)6/h17,27H,11-16H2,1-10H3,(H,26,29). The van der Waals surface area contributed by atoms with Crippen LogP contribution in [0.3, 0.4) is 0 Å². The Labute approximate surface area is 203 Å². The van der Waals surface area contributed by atoms with Crippen molar-refractivity contribution >= 4 is 38.1 Å². The van der Waals surface area contributed by atoms with E-state index in [0.717, 1.165) is 6.42 Å². The molecule has 0 saturated carbocycles. The lowest BCUT2D eigenvalue weighted by atomic mass is 9.87. The van der Waals surface area contributed by atoms with Crippen LogP contribution in [0.2, 0.25) is 0 Å². The molecule has 0 bridgehead atoms. The van der Waals surface area contributed by atoms with E-state index in [-0.39, 0.29) is 39.4 Å². The van der Waals surface area contributed by atoms with Crippen LogP contribution in [0.1, 0.15) is 101 Å². The van der Waals surface area contributed by atoms with E-state index in [1.807, 2.05) is 34.6 Å². The Morgan fingerprint density at radius 1 is 0.871 bits per heavy atom. The Kier molecular flexibility index (Phi) is 11.9. The van der Waals surface area contributed by atoms with Gasteiger partial charge in [0.2, 0.25) is 9.70 Å². The van der Waals surface area contributed by atoms with Gasteiger partial charge < -0.3 is 15.4 Å². The highest BCUT2D eigenvalue weighted by Crippen LogP contribution is 2.21. The van der Waals surface area contributed by atoms with Gasteiger partial charge in [-0.05, 0) is 67.7 Å². The number of halogens is 1. The number of carbonyl (C=O) groups is 3. The van der Waals surface area contributed by atoms with E-state index in [9.17, 15) is 14.4 Å². The number of ether oxygens (including phenoxy) is 1. The third kappa shape index (κ3) is 15.0. The van der Waals surface area contributed by atoms with Gasteiger partial charge in [-0.25, -0.2) is 0 Å². The SMILES string of the molecule is CC(C)(C)NC(C)(C)CCOC(C)(C)CCC(=O)NC(CCC(=O)C(C)(C)C)C(=O)I. The Bertz CT molecular complexity index is 616. The van der Waals surface area contributed by atoms with E-state index in [2.05, 4.69) is 45.3 Å². The van der Waals surface area contributed by atoms with Crippen LogP contribution in [-0.4, -0.2) is 44.8 Å². The molecule has 0 aromatic heterocycles. The zero-order chi connectivity index (χ0) is 24.7. The molecule has 0 aliphatic carbocycles. The van der Waals surface area contributed by atoms with Crippen LogP contribution < -0.4 is 10.6 Å². The summed E-state index contributed by atoms with van der Waals surface area (Å²) in [7, 11) is 0. The number of amides is 1.